The Morgan fingerprint density at radius 3 is 2.64 bits per heavy atom. The number of hydrogen-bond acceptors (Lipinski definition) is 3. The predicted octanol–water partition coefficient (Wildman–Crippen LogP) is 1.74. The van der Waals surface area contributed by atoms with Gasteiger partial charge < -0.3 is 15.5 Å². The molecule has 0 atom stereocenters. The minimum absolute atomic E-state index is 0.101. The second-order valence-electron chi connectivity index (χ2n) is 4.23. The topological polar surface area (TPSA) is 52.5 Å². The molecule has 1 saturated carbocycles. The minimum Gasteiger partial charge on any atom is -0.508 e. The van der Waals surface area contributed by atoms with Gasteiger partial charge in [0.25, 0.3) is 0 Å². The predicted molar refractivity (Wildman–Crippen MR) is 54.3 cm³/mol. The van der Waals surface area contributed by atoms with E-state index in [1.54, 1.807) is 12.1 Å². The first-order chi connectivity index (χ1) is 6.59. The highest BCUT2D eigenvalue weighted by molar-refractivity contribution is 5.38. The molecule has 1 aliphatic rings. The summed E-state index contributed by atoms with van der Waals surface area (Å²) >= 11 is 0. The maximum Gasteiger partial charge on any atom is 0.123 e. The average molecular weight is 193 g/mol. The first-order valence-corrected chi connectivity index (χ1v) is 4.85. The van der Waals surface area contributed by atoms with E-state index >= 15 is 0 Å². The van der Waals surface area contributed by atoms with Crippen molar-refractivity contribution in [3.63, 3.8) is 0 Å². The van der Waals surface area contributed by atoms with E-state index in [2.05, 4.69) is 12.2 Å². The van der Waals surface area contributed by atoms with Crippen LogP contribution in [0, 0.1) is 0 Å². The van der Waals surface area contributed by atoms with E-state index in [1.165, 1.54) is 18.9 Å². The summed E-state index contributed by atoms with van der Waals surface area (Å²) < 4.78 is 0. The fraction of sp³-hybridized carbons (Fsp3) is 0.455. The van der Waals surface area contributed by atoms with Crippen molar-refractivity contribution >= 4 is 0 Å². The Balaban J connectivity index is 2.02. The molecule has 3 nitrogen and oxygen atoms in total. The molecule has 1 aromatic rings. The Hall–Kier alpha value is -1.22. The first-order valence-electron chi connectivity index (χ1n) is 4.85. The molecule has 0 radical (unpaired) electrons. The molecule has 0 unspecified atom stereocenters. The van der Waals surface area contributed by atoms with Crippen molar-refractivity contribution in [2.45, 2.75) is 31.8 Å². The van der Waals surface area contributed by atoms with Crippen molar-refractivity contribution in [1.82, 2.24) is 5.32 Å². The summed E-state index contributed by atoms with van der Waals surface area (Å²) in [7, 11) is 0. The van der Waals surface area contributed by atoms with Gasteiger partial charge in [0.15, 0.2) is 0 Å². The number of phenols is 2. The van der Waals surface area contributed by atoms with Crippen molar-refractivity contribution in [1.29, 1.82) is 0 Å². The van der Waals surface area contributed by atoms with Gasteiger partial charge in [-0.25, -0.2) is 0 Å². The third-order valence-electron chi connectivity index (χ3n) is 2.77. The lowest BCUT2D eigenvalue weighted by molar-refractivity contribution is 0.439. The number of rotatable bonds is 3. The van der Waals surface area contributed by atoms with Gasteiger partial charge in [0.1, 0.15) is 11.5 Å². The fourth-order valence-corrected chi connectivity index (χ4v) is 1.37. The molecule has 0 amide bonds. The molecule has 0 heterocycles. The highest BCUT2D eigenvalue weighted by atomic mass is 16.3. The second kappa shape index (κ2) is 3.17. The monoisotopic (exact) mass is 193 g/mol. The summed E-state index contributed by atoms with van der Waals surface area (Å²) in [5.74, 6) is 0.255. The summed E-state index contributed by atoms with van der Waals surface area (Å²) in [5.41, 5.74) is 1.10. The largest absolute Gasteiger partial charge is 0.508 e. The number of aromatic hydroxyl groups is 2. The van der Waals surface area contributed by atoms with Crippen LogP contribution in [-0.4, -0.2) is 15.8 Å². The van der Waals surface area contributed by atoms with Crippen LogP contribution in [-0.2, 0) is 6.54 Å². The smallest absolute Gasteiger partial charge is 0.123 e. The van der Waals surface area contributed by atoms with Gasteiger partial charge >= 0.3 is 0 Å². The summed E-state index contributed by atoms with van der Waals surface area (Å²) in [6, 6.07) is 4.70. The van der Waals surface area contributed by atoms with Crippen LogP contribution in [0.2, 0.25) is 0 Å². The first kappa shape index (κ1) is 9.34. The lowest BCUT2D eigenvalue weighted by Crippen LogP contribution is -2.26. The van der Waals surface area contributed by atoms with Gasteiger partial charge in [0.05, 0.1) is 0 Å². The molecule has 14 heavy (non-hydrogen) atoms. The standard InChI is InChI=1S/C11H15NO2/c1-11(4-5-11)12-7-8-2-3-9(13)6-10(8)14/h2-3,6,12-14H,4-5,7H2,1H3. The van der Waals surface area contributed by atoms with E-state index in [0.29, 0.717) is 6.54 Å². The summed E-state index contributed by atoms with van der Waals surface area (Å²) in [6.07, 6.45) is 2.40. The molecule has 3 N–H and O–H groups in total. The molecule has 76 valence electrons. The lowest BCUT2D eigenvalue weighted by atomic mass is 10.1. The van der Waals surface area contributed by atoms with Gasteiger partial charge in [-0.05, 0) is 25.8 Å². The number of phenolic OH excluding ortho intramolecular Hbond substituents is 2. The molecule has 0 bridgehead atoms. The molecule has 0 aliphatic heterocycles. The molecule has 0 saturated heterocycles. The quantitative estimate of drug-likeness (QED) is 0.685. The Labute approximate surface area is 83.4 Å². The zero-order valence-corrected chi connectivity index (χ0v) is 8.25. The van der Waals surface area contributed by atoms with Crippen LogP contribution < -0.4 is 5.32 Å². The Morgan fingerprint density at radius 1 is 1.36 bits per heavy atom. The minimum atomic E-state index is 0.101. The van der Waals surface area contributed by atoms with Crippen molar-refractivity contribution in [2.75, 3.05) is 0 Å². The average Bonchev–Trinajstić information content (AvgIpc) is 2.83. The van der Waals surface area contributed by atoms with Crippen molar-refractivity contribution in [3.8, 4) is 11.5 Å². The summed E-state index contributed by atoms with van der Waals surface area (Å²) in [4.78, 5) is 0. The van der Waals surface area contributed by atoms with Crippen LogP contribution in [0.5, 0.6) is 11.5 Å². The van der Waals surface area contributed by atoms with E-state index in [0.717, 1.165) is 5.56 Å². The van der Waals surface area contributed by atoms with Crippen LogP contribution in [0.1, 0.15) is 25.3 Å². The van der Waals surface area contributed by atoms with E-state index in [-0.39, 0.29) is 17.0 Å². The summed E-state index contributed by atoms with van der Waals surface area (Å²) in [6.45, 7) is 2.83. The van der Waals surface area contributed by atoms with Crippen molar-refractivity contribution in [3.05, 3.63) is 23.8 Å². The number of nitrogens with one attached hydrogen (secondary N) is 1. The van der Waals surface area contributed by atoms with Gasteiger partial charge in [-0.15, -0.1) is 0 Å². The van der Waals surface area contributed by atoms with E-state index in [1.807, 2.05) is 0 Å². The Morgan fingerprint density at radius 2 is 2.07 bits per heavy atom. The SMILES string of the molecule is CC1(NCc2ccc(O)cc2O)CC1. The van der Waals surface area contributed by atoms with E-state index in [4.69, 9.17) is 5.11 Å². The third-order valence-corrected chi connectivity index (χ3v) is 2.77. The lowest BCUT2D eigenvalue weighted by Gasteiger charge is -2.12. The van der Waals surface area contributed by atoms with E-state index in [9.17, 15) is 5.11 Å². The molecular weight excluding hydrogens is 178 g/mol. The van der Waals surface area contributed by atoms with Gasteiger partial charge in [0.2, 0.25) is 0 Å². The second-order valence-corrected chi connectivity index (χ2v) is 4.23. The van der Waals surface area contributed by atoms with Gasteiger partial charge in [-0.1, -0.05) is 6.07 Å². The maximum absolute atomic E-state index is 9.51. The van der Waals surface area contributed by atoms with E-state index < -0.39 is 0 Å². The highest BCUT2D eigenvalue weighted by Crippen LogP contribution is 2.35. The Bertz CT molecular complexity index is 345. The fourth-order valence-electron chi connectivity index (χ4n) is 1.37. The van der Waals surface area contributed by atoms with Crippen molar-refractivity contribution in [2.24, 2.45) is 0 Å². The molecule has 1 aliphatic carbocycles. The van der Waals surface area contributed by atoms with Gasteiger partial charge in [0, 0.05) is 23.7 Å². The number of hydrogen-bond donors (Lipinski definition) is 3. The molecule has 3 heteroatoms. The molecule has 1 fully saturated rings. The van der Waals surface area contributed by atoms with Crippen molar-refractivity contribution < 1.29 is 10.2 Å². The summed E-state index contributed by atoms with van der Waals surface area (Å²) in [5, 5.41) is 22.0. The van der Waals surface area contributed by atoms with Crippen LogP contribution in [0.25, 0.3) is 0 Å². The molecule has 0 spiro atoms. The molecule has 0 aromatic heterocycles. The molecular formula is C11H15NO2. The van der Waals surface area contributed by atoms with Crippen LogP contribution in [0.4, 0.5) is 0 Å². The van der Waals surface area contributed by atoms with Gasteiger partial charge in [-0.3, -0.25) is 0 Å². The number of benzene rings is 1. The highest BCUT2D eigenvalue weighted by Gasteiger charge is 2.36. The van der Waals surface area contributed by atoms with Gasteiger partial charge in [-0.2, -0.15) is 0 Å². The Kier molecular flexibility index (Phi) is 2.11. The molecule has 1 aromatic carbocycles. The normalized spacial score (nSPS) is 18.1. The molecule has 2 rings (SSSR count). The van der Waals surface area contributed by atoms with Crippen LogP contribution in [0.15, 0.2) is 18.2 Å². The van der Waals surface area contributed by atoms with Crippen LogP contribution >= 0.6 is 0 Å². The maximum atomic E-state index is 9.51. The zero-order valence-electron chi connectivity index (χ0n) is 8.25. The zero-order chi connectivity index (χ0) is 10.2. The third kappa shape index (κ3) is 1.99. The van der Waals surface area contributed by atoms with Crippen LogP contribution in [0.3, 0.4) is 0 Å².